The van der Waals surface area contributed by atoms with E-state index in [9.17, 15) is 4.79 Å². The van der Waals surface area contributed by atoms with Gasteiger partial charge in [-0.15, -0.1) is 0 Å². The smallest absolute Gasteiger partial charge is 0.326 e. The number of hydrogen-bond donors (Lipinski definition) is 1. The average Bonchev–Trinajstić information content (AvgIpc) is 2.23. The van der Waals surface area contributed by atoms with Crippen molar-refractivity contribution in [2.24, 2.45) is 0 Å². The van der Waals surface area contributed by atoms with Crippen molar-refractivity contribution in [3.63, 3.8) is 0 Å². The highest BCUT2D eigenvalue weighted by Crippen LogP contribution is 2.27. The van der Waals surface area contributed by atoms with Gasteiger partial charge in [0.05, 0.1) is 7.11 Å². The van der Waals surface area contributed by atoms with Crippen LogP contribution in [0.5, 0.6) is 0 Å². The number of esters is 1. The maximum atomic E-state index is 11.8. The van der Waals surface area contributed by atoms with E-state index in [1.165, 1.54) is 7.11 Å². The lowest BCUT2D eigenvalue weighted by molar-refractivity contribution is -0.151. The summed E-state index contributed by atoms with van der Waals surface area (Å²) in [5.41, 5.74) is -0.463. The molecule has 1 heterocycles. The van der Waals surface area contributed by atoms with Crippen molar-refractivity contribution in [3.8, 4) is 0 Å². The fourth-order valence-corrected chi connectivity index (χ4v) is 2.30. The Morgan fingerprint density at radius 2 is 2.33 bits per heavy atom. The maximum absolute atomic E-state index is 11.8. The zero-order chi connectivity index (χ0) is 11.5. The molecule has 2 unspecified atom stereocenters. The van der Waals surface area contributed by atoms with Crippen LogP contribution in [0.3, 0.4) is 0 Å². The number of carbonyl (C=O) groups excluding carboxylic acids is 1. The number of methoxy groups -OCH3 is 1. The first-order valence-electron chi connectivity index (χ1n) is 5.59. The zero-order valence-electron chi connectivity index (χ0n) is 10.2. The van der Waals surface area contributed by atoms with E-state index in [2.05, 4.69) is 24.2 Å². The van der Waals surface area contributed by atoms with Gasteiger partial charge in [-0.2, -0.15) is 0 Å². The van der Waals surface area contributed by atoms with Crippen molar-refractivity contribution < 1.29 is 9.53 Å². The molecular weight excluding hydrogens is 192 g/mol. The number of likely N-dealkylation sites (tertiary alicyclic amines) is 1. The second kappa shape index (κ2) is 4.94. The second-order valence-electron chi connectivity index (χ2n) is 4.39. The Balaban J connectivity index is 2.78. The molecule has 0 spiro atoms. The highest BCUT2D eigenvalue weighted by molar-refractivity contribution is 5.81. The van der Waals surface area contributed by atoms with E-state index in [0.717, 1.165) is 25.9 Å². The summed E-state index contributed by atoms with van der Waals surface area (Å²) in [5.74, 6) is -0.121. The Labute approximate surface area is 92.0 Å². The van der Waals surface area contributed by atoms with Crippen LogP contribution in [0.15, 0.2) is 0 Å². The van der Waals surface area contributed by atoms with Gasteiger partial charge in [0.2, 0.25) is 0 Å². The second-order valence-corrected chi connectivity index (χ2v) is 4.39. The van der Waals surface area contributed by atoms with Crippen molar-refractivity contribution in [1.82, 2.24) is 10.2 Å². The standard InChI is InChI=1S/C11H22N2O2/c1-5-12-11(10(14)15-4)6-7-13(3)9(2)8-11/h9,12H,5-8H2,1-4H3. The van der Waals surface area contributed by atoms with Crippen LogP contribution in [0.2, 0.25) is 0 Å². The van der Waals surface area contributed by atoms with E-state index in [-0.39, 0.29) is 5.97 Å². The Hall–Kier alpha value is -0.610. The number of rotatable bonds is 3. The molecule has 0 saturated carbocycles. The Morgan fingerprint density at radius 3 is 2.80 bits per heavy atom. The minimum absolute atomic E-state index is 0.121. The van der Waals surface area contributed by atoms with Crippen LogP contribution < -0.4 is 5.32 Å². The lowest BCUT2D eigenvalue weighted by atomic mass is 9.83. The van der Waals surface area contributed by atoms with E-state index in [1.54, 1.807) is 0 Å². The van der Waals surface area contributed by atoms with Crippen LogP contribution in [-0.2, 0) is 9.53 Å². The van der Waals surface area contributed by atoms with Crippen molar-refractivity contribution in [3.05, 3.63) is 0 Å². The van der Waals surface area contributed by atoms with Crippen molar-refractivity contribution in [2.75, 3.05) is 27.2 Å². The molecule has 0 aromatic heterocycles. The van der Waals surface area contributed by atoms with Gasteiger partial charge >= 0.3 is 5.97 Å². The number of nitrogens with one attached hydrogen (secondary N) is 1. The summed E-state index contributed by atoms with van der Waals surface area (Å²) < 4.78 is 4.91. The van der Waals surface area contributed by atoms with Crippen LogP contribution in [-0.4, -0.2) is 49.7 Å². The van der Waals surface area contributed by atoms with Crippen molar-refractivity contribution >= 4 is 5.97 Å². The van der Waals surface area contributed by atoms with Crippen molar-refractivity contribution in [1.29, 1.82) is 0 Å². The molecule has 88 valence electrons. The largest absolute Gasteiger partial charge is 0.468 e. The van der Waals surface area contributed by atoms with Crippen LogP contribution in [0.4, 0.5) is 0 Å². The van der Waals surface area contributed by atoms with Gasteiger partial charge in [-0.05, 0) is 33.4 Å². The molecule has 1 aliphatic rings. The fourth-order valence-electron chi connectivity index (χ4n) is 2.30. The molecule has 0 radical (unpaired) electrons. The van der Waals surface area contributed by atoms with Gasteiger partial charge in [0.15, 0.2) is 0 Å². The highest BCUT2D eigenvalue weighted by Gasteiger charge is 2.43. The molecule has 4 heteroatoms. The maximum Gasteiger partial charge on any atom is 0.326 e. The topological polar surface area (TPSA) is 41.6 Å². The minimum atomic E-state index is -0.463. The first-order chi connectivity index (χ1) is 7.05. The Kier molecular flexibility index (Phi) is 4.11. The molecule has 0 amide bonds. The fraction of sp³-hybridized carbons (Fsp3) is 0.909. The lowest BCUT2D eigenvalue weighted by Gasteiger charge is -2.42. The third-order valence-corrected chi connectivity index (χ3v) is 3.38. The molecule has 1 rings (SSSR count). The van der Waals surface area contributed by atoms with Gasteiger partial charge in [-0.3, -0.25) is 4.79 Å². The average molecular weight is 214 g/mol. The highest BCUT2D eigenvalue weighted by atomic mass is 16.5. The van der Waals surface area contributed by atoms with Gasteiger partial charge in [-0.25, -0.2) is 0 Å². The number of nitrogens with zero attached hydrogens (tertiary/aromatic N) is 1. The number of ether oxygens (including phenoxy) is 1. The van der Waals surface area contributed by atoms with Gasteiger partial charge in [0.1, 0.15) is 5.54 Å². The zero-order valence-corrected chi connectivity index (χ0v) is 10.2. The molecule has 0 aromatic carbocycles. The normalized spacial score (nSPS) is 32.7. The van der Waals surface area contributed by atoms with Crippen LogP contribution in [0.1, 0.15) is 26.7 Å². The molecule has 1 saturated heterocycles. The first-order valence-corrected chi connectivity index (χ1v) is 5.59. The minimum Gasteiger partial charge on any atom is -0.468 e. The third kappa shape index (κ3) is 2.49. The summed E-state index contributed by atoms with van der Waals surface area (Å²) in [6, 6.07) is 0.414. The summed E-state index contributed by atoms with van der Waals surface area (Å²) in [5, 5.41) is 3.30. The molecule has 2 atom stereocenters. The van der Waals surface area contributed by atoms with Gasteiger partial charge in [0, 0.05) is 12.6 Å². The number of piperidine rings is 1. The summed E-state index contributed by atoms with van der Waals surface area (Å²) in [6.45, 7) is 5.90. The number of hydrogen-bond acceptors (Lipinski definition) is 4. The number of likely N-dealkylation sites (N-methyl/N-ethyl adjacent to an activating group) is 1. The summed E-state index contributed by atoms with van der Waals surface area (Å²) in [4.78, 5) is 14.1. The van der Waals surface area contributed by atoms with E-state index in [1.807, 2.05) is 6.92 Å². The van der Waals surface area contributed by atoms with Gasteiger partial charge < -0.3 is 15.0 Å². The SMILES string of the molecule is CCNC1(C(=O)OC)CCN(C)C(C)C1. The predicted octanol–water partition coefficient (Wildman–Crippen LogP) is 0.622. The quantitative estimate of drug-likeness (QED) is 0.699. The summed E-state index contributed by atoms with van der Waals surface area (Å²) >= 11 is 0. The first kappa shape index (κ1) is 12.5. The van der Waals surface area contributed by atoms with Crippen molar-refractivity contribution in [2.45, 2.75) is 38.3 Å². The molecular formula is C11H22N2O2. The van der Waals surface area contributed by atoms with E-state index < -0.39 is 5.54 Å². The lowest BCUT2D eigenvalue weighted by Crippen LogP contribution is -2.60. The van der Waals surface area contributed by atoms with Gasteiger partial charge in [-0.1, -0.05) is 6.92 Å². The molecule has 0 bridgehead atoms. The molecule has 1 N–H and O–H groups in total. The molecule has 1 fully saturated rings. The molecule has 0 aliphatic carbocycles. The Bertz CT molecular complexity index is 233. The molecule has 4 nitrogen and oxygen atoms in total. The predicted molar refractivity (Wildman–Crippen MR) is 59.7 cm³/mol. The number of carbonyl (C=O) groups is 1. The van der Waals surface area contributed by atoms with E-state index in [4.69, 9.17) is 4.74 Å². The van der Waals surface area contributed by atoms with E-state index >= 15 is 0 Å². The Morgan fingerprint density at radius 1 is 1.67 bits per heavy atom. The van der Waals surface area contributed by atoms with Crippen LogP contribution in [0.25, 0.3) is 0 Å². The summed E-state index contributed by atoms with van der Waals surface area (Å²) in [7, 11) is 3.56. The van der Waals surface area contributed by atoms with Crippen LogP contribution >= 0.6 is 0 Å². The van der Waals surface area contributed by atoms with Crippen LogP contribution in [0, 0.1) is 0 Å². The molecule has 15 heavy (non-hydrogen) atoms. The summed E-state index contributed by atoms with van der Waals surface area (Å²) in [6.07, 6.45) is 1.65. The molecule has 0 aromatic rings. The molecule has 1 aliphatic heterocycles. The van der Waals surface area contributed by atoms with E-state index in [0.29, 0.717) is 6.04 Å². The monoisotopic (exact) mass is 214 g/mol. The van der Waals surface area contributed by atoms with Gasteiger partial charge in [0.25, 0.3) is 0 Å². The third-order valence-electron chi connectivity index (χ3n) is 3.38.